The molecule has 36 heavy (non-hydrogen) atoms. The summed E-state index contributed by atoms with van der Waals surface area (Å²) in [4.78, 5) is 25.9. The van der Waals surface area contributed by atoms with E-state index in [-0.39, 0.29) is 11.4 Å². The molecule has 1 aromatic heterocycles. The number of tetrazole rings is 1. The summed E-state index contributed by atoms with van der Waals surface area (Å²) in [6, 6.07) is 20.2. The van der Waals surface area contributed by atoms with Gasteiger partial charge in [-0.1, -0.05) is 61.9 Å². The number of aryl methyl sites for hydroxylation is 1. The van der Waals surface area contributed by atoms with Crippen molar-refractivity contribution in [2.45, 2.75) is 33.2 Å². The number of unbranched alkanes of at least 4 members (excludes halogenated alkanes) is 1. The van der Waals surface area contributed by atoms with Gasteiger partial charge >= 0.3 is 6.03 Å². The number of nitrogens with one attached hydrogen (secondary N) is 2. The van der Waals surface area contributed by atoms with E-state index in [0.717, 1.165) is 40.7 Å². The van der Waals surface area contributed by atoms with Gasteiger partial charge in [-0.15, -0.1) is 5.10 Å². The molecule has 0 fully saturated rings. The molecule has 0 aliphatic carbocycles. The van der Waals surface area contributed by atoms with E-state index in [4.69, 9.17) is 0 Å². The highest BCUT2D eigenvalue weighted by Crippen LogP contribution is 2.31. The van der Waals surface area contributed by atoms with E-state index in [9.17, 15) is 14.9 Å². The first kappa shape index (κ1) is 24.5. The molecule has 4 aromatic rings. The minimum absolute atomic E-state index is 0.133. The van der Waals surface area contributed by atoms with Crippen LogP contribution >= 0.6 is 0 Å². The van der Waals surface area contributed by atoms with Crippen LogP contribution < -0.4 is 5.32 Å². The molecule has 3 aromatic carbocycles. The van der Waals surface area contributed by atoms with Gasteiger partial charge in [-0.05, 0) is 58.2 Å². The molecule has 0 radical (unpaired) electrons. The van der Waals surface area contributed by atoms with Gasteiger partial charge in [0.2, 0.25) is 0 Å². The second-order valence-corrected chi connectivity index (χ2v) is 8.48. The third-order valence-electron chi connectivity index (χ3n) is 5.80. The van der Waals surface area contributed by atoms with Crippen molar-refractivity contribution in [3.63, 3.8) is 0 Å². The molecular formula is C26H27N7O3. The maximum atomic E-state index is 13.2. The van der Waals surface area contributed by atoms with Crippen molar-refractivity contribution >= 4 is 17.4 Å². The number of hydrogen-bond donors (Lipinski definition) is 2. The Morgan fingerprint density at radius 2 is 1.89 bits per heavy atom. The fraction of sp³-hybridized carbons (Fsp3) is 0.231. The van der Waals surface area contributed by atoms with Crippen molar-refractivity contribution in [3.05, 3.63) is 88.0 Å². The number of nitro benzene ring substituents is 1. The van der Waals surface area contributed by atoms with Crippen LogP contribution in [0, 0.1) is 17.0 Å². The van der Waals surface area contributed by atoms with Crippen LogP contribution in [0.2, 0.25) is 0 Å². The molecule has 0 saturated heterocycles. The number of amides is 2. The zero-order chi connectivity index (χ0) is 25.5. The molecule has 2 N–H and O–H groups in total. The first-order valence-electron chi connectivity index (χ1n) is 11.7. The highest BCUT2D eigenvalue weighted by Gasteiger charge is 2.21. The van der Waals surface area contributed by atoms with Gasteiger partial charge in [-0.2, -0.15) is 0 Å². The SMILES string of the molecule is CCCCN(Cc1ccc(-c2ccccc2)c(-c2nnn[nH]2)c1)C(=O)Nc1ccc(C)cc1[N+](=O)[O-]. The Labute approximate surface area is 208 Å². The number of nitro groups is 1. The van der Waals surface area contributed by atoms with E-state index in [1.165, 1.54) is 6.07 Å². The molecule has 0 unspecified atom stereocenters. The van der Waals surface area contributed by atoms with E-state index in [1.807, 2.05) is 55.5 Å². The van der Waals surface area contributed by atoms with Crippen molar-refractivity contribution in [2.75, 3.05) is 11.9 Å². The molecule has 0 aliphatic heterocycles. The maximum absolute atomic E-state index is 13.2. The van der Waals surface area contributed by atoms with Crippen LogP contribution in [0.5, 0.6) is 0 Å². The summed E-state index contributed by atoms with van der Waals surface area (Å²) in [5, 5.41) is 28.6. The third-order valence-corrected chi connectivity index (χ3v) is 5.80. The van der Waals surface area contributed by atoms with Crippen molar-refractivity contribution in [1.82, 2.24) is 25.5 Å². The highest BCUT2D eigenvalue weighted by molar-refractivity contribution is 5.92. The second-order valence-electron chi connectivity index (χ2n) is 8.48. The normalized spacial score (nSPS) is 10.7. The van der Waals surface area contributed by atoms with Gasteiger partial charge in [0.25, 0.3) is 5.69 Å². The Bertz CT molecular complexity index is 1340. The molecule has 0 aliphatic rings. The molecule has 0 spiro atoms. The molecule has 0 saturated carbocycles. The zero-order valence-corrected chi connectivity index (χ0v) is 20.1. The predicted octanol–water partition coefficient (Wildman–Crippen LogP) is 5.58. The Morgan fingerprint density at radius 3 is 2.58 bits per heavy atom. The van der Waals surface area contributed by atoms with Crippen molar-refractivity contribution in [1.29, 1.82) is 0 Å². The summed E-state index contributed by atoms with van der Waals surface area (Å²) in [6.45, 7) is 4.63. The van der Waals surface area contributed by atoms with Crippen LogP contribution in [0.15, 0.2) is 66.7 Å². The van der Waals surface area contributed by atoms with Gasteiger partial charge < -0.3 is 10.2 Å². The standard InChI is InChI=1S/C26H27N7O3/c1-3-4-14-32(26(34)27-23-13-10-18(2)15-24(23)33(35)36)17-19-11-12-21(20-8-6-5-7-9-20)22(16-19)25-28-30-31-29-25/h5-13,15-16H,3-4,14,17H2,1-2H3,(H,27,34)(H,28,29,30,31). The van der Waals surface area contributed by atoms with E-state index in [1.54, 1.807) is 24.0 Å². The van der Waals surface area contributed by atoms with Crippen LogP contribution in [-0.4, -0.2) is 43.0 Å². The molecule has 184 valence electrons. The molecule has 1 heterocycles. The first-order valence-corrected chi connectivity index (χ1v) is 11.7. The smallest absolute Gasteiger partial charge is 0.320 e. The Hall–Kier alpha value is -4.60. The topological polar surface area (TPSA) is 130 Å². The van der Waals surface area contributed by atoms with Crippen LogP contribution in [0.3, 0.4) is 0 Å². The molecular weight excluding hydrogens is 458 g/mol. The van der Waals surface area contributed by atoms with Crippen LogP contribution in [0.25, 0.3) is 22.5 Å². The monoisotopic (exact) mass is 485 g/mol. The lowest BCUT2D eigenvalue weighted by atomic mass is 9.97. The van der Waals surface area contributed by atoms with E-state index < -0.39 is 11.0 Å². The predicted molar refractivity (Wildman–Crippen MR) is 137 cm³/mol. The molecule has 0 bridgehead atoms. The number of rotatable bonds is 9. The number of H-pyrrole nitrogens is 1. The first-order chi connectivity index (χ1) is 17.5. The summed E-state index contributed by atoms with van der Waals surface area (Å²) in [5.74, 6) is 0.524. The third kappa shape index (κ3) is 5.72. The lowest BCUT2D eigenvalue weighted by Crippen LogP contribution is -2.35. The van der Waals surface area contributed by atoms with Crippen LogP contribution in [0.4, 0.5) is 16.2 Å². The number of carbonyl (C=O) groups excluding carboxylic acids is 1. The van der Waals surface area contributed by atoms with Crippen molar-refractivity contribution < 1.29 is 9.72 Å². The minimum Gasteiger partial charge on any atom is -0.320 e. The molecule has 10 nitrogen and oxygen atoms in total. The van der Waals surface area contributed by atoms with Gasteiger partial charge in [0.05, 0.1) is 4.92 Å². The number of benzene rings is 3. The quantitative estimate of drug-likeness (QED) is 0.235. The second kappa shape index (κ2) is 11.2. The Balaban J connectivity index is 1.63. The number of hydrogen-bond acceptors (Lipinski definition) is 6. The zero-order valence-electron chi connectivity index (χ0n) is 20.1. The van der Waals surface area contributed by atoms with E-state index >= 15 is 0 Å². The number of anilines is 1. The van der Waals surface area contributed by atoms with Gasteiger partial charge in [0.1, 0.15) is 5.69 Å². The minimum atomic E-state index is -0.487. The lowest BCUT2D eigenvalue weighted by Gasteiger charge is -2.24. The molecule has 10 heteroatoms. The summed E-state index contributed by atoms with van der Waals surface area (Å²) < 4.78 is 0. The molecule has 0 atom stereocenters. The Morgan fingerprint density at radius 1 is 1.08 bits per heavy atom. The highest BCUT2D eigenvalue weighted by atomic mass is 16.6. The Kier molecular flexibility index (Phi) is 7.64. The summed E-state index contributed by atoms with van der Waals surface area (Å²) in [6.07, 6.45) is 1.70. The lowest BCUT2D eigenvalue weighted by molar-refractivity contribution is -0.384. The number of aromatic nitrogens is 4. The maximum Gasteiger partial charge on any atom is 0.322 e. The molecule has 4 rings (SSSR count). The fourth-order valence-electron chi connectivity index (χ4n) is 3.94. The largest absolute Gasteiger partial charge is 0.322 e. The van der Waals surface area contributed by atoms with Gasteiger partial charge in [-0.25, -0.2) is 9.89 Å². The van der Waals surface area contributed by atoms with Gasteiger partial charge in [0.15, 0.2) is 5.82 Å². The van der Waals surface area contributed by atoms with Gasteiger partial charge in [-0.3, -0.25) is 10.1 Å². The number of carbonyl (C=O) groups is 1. The van der Waals surface area contributed by atoms with Crippen molar-refractivity contribution in [3.8, 4) is 22.5 Å². The van der Waals surface area contributed by atoms with Crippen LogP contribution in [0.1, 0.15) is 30.9 Å². The average Bonchev–Trinajstić information content (AvgIpc) is 3.43. The van der Waals surface area contributed by atoms with Crippen LogP contribution in [-0.2, 0) is 6.54 Å². The van der Waals surface area contributed by atoms with E-state index in [2.05, 4.69) is 25.9 Å². The number of nitrogens with zero attached hydrogens (tertiary/aromatic N) is 5. The van der Waals surface area contributed by atoms with Crippen molar-refractivity contribution in [2.24, 2.45) is 0 Å². The molecule has 2 amide bonds. The summed E-state index contributed by atoms with van der Waals surface area (Å²) in [5.41, 5.74) is 4.45. The summed E-state index contributed by atoms with van der Waals surface area (Å²) in [7, 11) is 0. The van der Waals surface area contributed by atoms with Gasteiger partial charge in [0, 0.05) is 24.7 Å². The van der Waals surface area contributed by atoms with E-state index in [0.29, 0.717) is 18.9 Å². The fourth-order valence-corrected chi connectivity index (χ4v) is 3.94. The average molecular weight is 486 g/mol. The summed E-state index contributed by atoms with van der Waals surface area (Å²) >= 11 is 0. The number of urea groups is 1. The number of aromatic amines is 1.